The monoisotopic (exact) mass is 418 g/mol. The van der Waals surface area contributed by atoms with Crippen molar-refractivity contribution in [1.82, 2.24) is 0 Å². The maximum atomic E-state index is 6.95. The number of ether oxygens (including phenoxy) is 1. The molecule has 0 N–H and O–H groups in total. The first-order valence-corrected chi connectivity index (χ1v) is 14.1. The second kappa shape index (κ2) is 6.80. The third kappa shape index (κ3) is 3.54. The summed E-state index contributed by atoms with van der Waals surface area (Å²) < 4.78 is 12.6. The van der Waals surface area contributed by atoms with Gasteiger partial charge in [-0.05, 0) is 85.7 Å². The maximum absolute atomic E-state index is 6.95. The first kappa shape index (κ1) is 20.3. The van der Waals surface area contributed by atoms with Crippen LogP contribution in [0.3, 0.4) is 0 Å². The largest absolute Gasteiger partial charge is 0.543 e. The summed E-state index contributed by atoms with van der Waals surface area (Å²) in [6, 6.07) is 8.56. The van der Waals surface area contributed by atoms with Gasteiger partial charge in [-0.25, -0.2) is 0 Å². The molecular formula is C24H35ClO2Si. The molecule has 0 radical (unpaired) electrons. The molecule has 1 aromatic carbocycles. The number of hydrogen-bond acceptors (Lipinski definition) is 2. The highest BCUT2D eigenvalue weighted by Gasteiger charge is 2.53. The third-order valence-electron chi connectivity index (χ3n) is 7.74. The Bertz CT molecular complexity index is 774. The van der Waals surface area contributed by atoms with Crippen molar-refractivity contribution in [2.75, 3.05) is 7.11 Å². The predicted molar refractivity (Wildman–Crippen MR) is 120 cm³/mol. The van der Waals surface area contributed by atoms with E-state index in [2.05, 4.69) is 58.1 Å². The number of hydrogen-bond donors (Lipinski definition) is 0. The molecule has 4 saturated carbocycles. The summed E-state index contributed by atoms with van der Waals surface area (Å²) in [7, 11) is -0.0388. The van der Waals surface area contributed by atoms with E-state index in [1.165, 1.54) is 24.8 Å². The molecule has 0 aliphatic heterocycles. The summed E-state index contributed by atoms with van der Waals surface area (Å²) >= 11 is 6.95. The molecule has 4 aliphatic carbocycles. The van der Waals surface area contributed by atoms with Crippen LogP contribution in [0.1, 0.15) is 58.4 Å². The Morgan fingerprint density at radius 3 is 2.29 bits per heavy atom. The van der Waals surface area contributed by atoms with E-state index in [4.69, 9.17) is 20.8 Å². The lowest BCUT2D eigenvalue weighted by atomic mass is 9.53. The molecule has 154 valence electrons. The molecule has 2 atom stereocenters. The first-order chi connectivity index (χ1) is 13.0. The van der Waals surface area contributed by atoms with Crippen molar-refractivity contribution in [2.45, 2.75) is 75.9 Å². The van der Waals surface area contributed by atoms with Gasteiger partial charge in [-0.1, -0.05) is 32.9 Å². The second-order valence-electron chi connectivity index (χ2n) is 10.9. The van der Waals surface area contributed by atoms with E-state index in [1.807, 2.05) is 7.11 Å². The van der Waals surface area contributed by atoms with Gasteiger partial charge in [0.15, 0.2) is 0 Å². The molecule has 0 saturated heterocycles. The molecule has 4 heteroatoms. The minimum Gasteiger partial charge on any atom is -0.543 e. The van der Waals surface area contributed by atoms with E-state index in [0.717, 1.165) is 35.8 Å². The topological polar surface area (TPSA) is 18.5 Å². The van der Waals surface area contributed by atoms with Crippen LogP contribution in [0.4, 0.5) is 0 Å². The number of halogens is 1. The molecule has 2 unspecified atom stereocenters. The Kier molecular flexibility index (Phi) is 4.94. The summed E-state index contributed by atoms with van der Waals surface area (Å²) in [6.07, 6.45) is 6.02. The number of benzene rings is 1. The molecular weight excluding hydrogens is 384 g/mol. The van der Waals surface area contributed by atoms with Crippen molar-refractivity contribution in [2.24, 2.45) is 17.8 Å². The Balaban J connectivity index is 1.68. The van der Waals surface area contributed by atoms with Crippen molar-refractivity contribution in [3.63, 3.8) is 0 Å². The number of allylic oxidation sites excluding steroid dienone is 1. The Hall–Kier alpha value is -0.933. The van der Waals surface area contributed by atoms with Crippen molar-refractivity contribution in [3.8, 4) is 5.75 Å². The maximum Gasteiger partial charge on any atom is 0.250 e. The van der Waals surface area contributed by atoms with Gasteiger partial charge < -0.3 is 9.16 Å². The fourth-order valence-corrected chi connectivity index (χ4v) is 7.23. The van der Waals surface area contributed by atoms with Crippen molar-refractivity contribution < 1.29 is 9.16 Å². The van der Waals surface area contributed by atoms with E-state index >= 15 is 0 Å². The Labute approximate surface area is 176 Å². The standard InChI is InChI=1S/C24H35ClO2Si/c1-23(2,3)28(5,6)27-20-9-7-8-17(12-20)22(26-4)21-18-10-16-11-19(21)15-24(25,13-16)14-18/h7-9,12,16,18-19H,10-11,13-15H2,1-6H3. The molecule has 0 spiro atoms. The first-order valence-electron chi connectivity index (χ1n) is 10.8. The lowest BCUT2D eigenvalue weighted by Crippen LogP contribution is -2.48. The minimum absolute atomic E-state index is 0.0478. The molecule has 5 rings (SSSR count). The number of alkyl halides is 1. The van der Waals surface area contributed by atoms with E-state index in [0.29, 0.717) is 11.8 Å². The zero-order chi connectivity index (χ0) is 20.3. The fraction of sp³-hybridized carbons (Fsp3) is 0.667. The van der Waals surface area contributed by atoms with Crippen LogP contribution in [-0.4, -0.2) is 20.3 Å². The highest BCUT2D eigenvalue weighted by Crippen LogP contribution is 2.61. The molecule has 4 aliphatic rings. The average Bonchev–Trinajstić information content (AvgIpc) is 2.55. The van der Waals surface area contributed by atoms with Crippen LogP contribution in [-0.2, 0) is 4.74 Å². The van der Waals surface area contributed by atoms with Gasteiger partial charge in [0, 0.05) is 10.4 Å². The SMILES string of the molecule is COC(=C1C2CC3CC1CC(Cl)(C3)C2)c1cccc(O[Si](C)(C)C(C)(C)C)c1. The molecule has 0 heterocycles. The highest BCUT2D eigenvalue weighted by atomic mass is 35.5. The molecule has 4 bridgehead atoms. The Morgan fingerprint density at radius 1 is 1.11 bits per heavy atom. The average molecular weight is 419 g/mol. The highest BCUT2D eigenvalue weighted by molar-refractivity contribution is 6.74. The van der Waals surface area contributed by atoms with Crippen LogP contribution in [0.5, 0.6) is 5.75 Å². The van der Waals surface area contributed by atoms with Crippen molar-refractivity contribution >= 4 is 25.7 Å². The molecule has 2 nitrogen and oxygen atoms in total. The molecule has 28 heavy (non-hydrogen) atoms. The van der Waals surface area contributed by atoms with E-state index in [1.54, 1.807) is 0 Å². The van der Waals surface area contributed by atoms with Crippen LogP contribution in [0, 0.1) is 17.8 Å². The quantitative estimate of drug-likeness (QED) is 0.291. The van der Waals surface area contributed by atoms with Gasteiger partial charge in [-0.15, -0.1) is 11.6 Å². The summed E-state index contributed by atoms with van der Waals surface area (Å²) in [5, 5.41) is 0.182. The summed E-state index contributed by atoms with van der Waals surface area (Å²) in [6.45, 7) is 11.4. The van der Waals surface area contributed by atoms with Crippen molar-refractivity contribution in [3.05, 3.63) is 35.4 Å². The second-order valence-corrected chi connectivity index (χ2v) is 16.4. The molecule has 0 amide bonds. The van der Waals surface area contributed by atoms with Gasteiger partial charge in [0.25, 0.3) is 0 Å². The summed E-state index contributed by atoms with van der Waals surface area (Å²) in [4.78, 5) is 0.0478. The zero-order valence-electron chi connectivity index (χ0n) is 18.3. The van der Waals surface area contributed by atoms with Gasteiger partial charge in [-0.2, -0.15) is 0 Å². The van der Waals surface area contributed by atoms with E-state index in [9.17, 15) is 0 Å². The molecule has 4 fully saturated rings. The lowest BCUT2D eigenvalue weighted by Gasteiger charge is -2.55. The van der Waals surface area contributed by atoms with Gasteiger partial charge >= 0.3 is 0 Å². The van der Waals surface area contributed by atoms with Gasteiger partial charge in [0.2, 0.25) is 8.32 Å². The summed E-state index contributed by atoms with van der Waals surface area (Å²) in [5.74, 6) is 4.03. The zero-order valence-corrected chi connectivity index (χ0v) is 20.0. The Morgan fingerprint density at radius 2 is 1.75 bits per heavy atom. The summed E-state index contributed by atoms with van der Waals surface area (Å²) in [5.41, 5.74) is 2.68. The van der Waals surface area contributed by atoms with Crippen LogP contribution in [0.2, 0.25) is 18.1 Å². The molecule has 1 aromatic rings. The van der Waals surface area contributed by atoms with Crippen LogP contribution in [0.15, 0.2) is 29.8 Å². The third-order valence-corrected chi connectivity index (χ3v) is 12.6. The van der Waals surface area contributed by atoms with E-state index in [-0.39, 0.29) is 9.91 Å². The smallest absolute Gasteiger partial charge is 0.250 e. The van der Waals surface area contributed by atoms with Crippen LogP contribution < -0.4 is 4.43 Å². The van der Waals surface area contributed by atoms with Gasteiger partial charge in [-0.3, -0.25) is 0 Å². The van der Waals surface area contributed by atoms with Gasteiger partial charge in [0.05, 0.1) is 7.11 Å². The van der Waals surface area contributed by atoms with Crippen LogP contribution in [0.25, 0.3) is 5.76 Å². The normalized spacial score (nSPS) is 31.8. The van der Waals surface area contributed by atoms with Crippen molar-refractivity contribution in [1.29, 1.82) is 0 Å². The number of rotatable bonds is 4. The van der Waals surface area contributed by atoms with Gasteiger partial charge in [0.1, 0.15) is 11.5 Å². The molecule has 0 aromatic heterocycles. The predicted octanol–water partition coefficient (Wildman–Crippen LogP) is 7.25. The van der Waals surface area contributed by atoms with E-state index < -0.39 is 8.32 Å². The van der Waals surface area contributed by atoms with Crippen LogP contribution >= 0.6 is 11.6 Å². The minimum atomic E-state index is -1.86. The fourth-order valence-electron chi connectivity index (χ4n) is 5.61. The lowest BCUT2D eigenvalue weighted by molar-refractivity contribution is 0.0843. The number of methoxy groups -OCH3 is 1.